The summed E-state index contributed by atoms with van der Waals surface area (Å²) in [5.74, 6) is -0.952. The number of carbonyl (C=O) groups excluding carboxylic acids is 1. The molecule has 0 spiro atoms. The van der Waals surface area contributed by atoms with Crippen LogP contribution in [-0.4, -0.2) is 17.0 Å². The van der Waals surface area contributed by atoms with Gasteiger partial charge in [0.2, 0.25) is 5.06 Å². The summed E-state index contributed by atoms with van der Waals surface area (Å²) in [6.45, 7) is 1.93. The van der Waals surface area contributed by atoms with E-state index in [-0.39, 0.29) is 15.8 Å². The first-order chi connectivity index (χ1) is 12.4. The topological polar surface area (TPSA) is 75.6 Å². The normalized spacial score (nSPS) is 10.4. The summed E-state index contributed by atoms with van der Waals surface area (Å²) in [6.07, 6.45) is 0. The van der Waals surface area contributed by atoms with Gasteiger partial charge in [-0.05, 0) is 49.4 Å². The van der Waals surface area contributed by atoms with Gasteiger partial charge in [-0.1, -0.05) is 40.6 Å². The Bertz CT molecular complexity index is 949. The third kappa shape index (κ3) is 4.22. The quantitative estimate of drug-likeness (QED) is 0.610. The number of hydrogen-bond donors (Lipinski definition) is 2. The molecule has 3 rings (SSSR count). The Morgan fingerprint density at radius 3 is 2.35 bits per heavy atom. The number of aryl methyl sites for hydroxylation is 1. The molecule has 2 aromatic carbocycles. The van der Waals surface area contributed by atoms with Crippen molar-refractivity contribution in [1.29, 1.82) is 0 Å². The molecule has 0 radical (unpaired) electrons. The number of rotatable bonds is 5. The number of carboxylic acids is 1. The van der Waals surface area contributed by atoms with Crippen LogP contribution >= 0.6 is 22.9 Å². The summed E-state index contributed by atoms with van der Waals surface area (Å²) in [6, 6.07) is 15.1. The van der Waals surface area contributed by atoms with Crippen LogP contribution in [0.2, 0.25) is 5.02 Å². The minimum atomic E-state index is -1.09. The van der Waals surface area contributed by atoms with E-state index >= 15 is 0 Å². The predicted molar refractivity (Wildman–Crippen MR) is 102 cm³/mol. The molecule has 0 bridgehead atoms. The Morgan fingerprint density at radius 2 is 1.73 bits per heavy atom. The molecule has 0 atom stereocenters. The van der Waals surface area contributed by atoms with Gasteiger partial charge in [0, 0.05) is 10.6 Å². The van der Waals surface area contributed by atoms with E-state index < -0.39 is 5.97 Å². The van der Waals surface area contributed by atoms with E-state index in [1.807, 2.05) is 19.1 Å². The van der Waals surface area contributed by atoms with E-state index in [2.05, 4.69) is 5.32 Å². The van der Waals surface area contributed by atoms with E-state index in [9.17, 15) is 14.7 Å². The van der Waals surface area contributed by atoms with Crippen LogP contribution in [0.5, 0.6) is 10.8 Å². The zero-order valence-corrected chi connectivity index (χ0v) is 15.2. The Morgan fingerprint density at radius 1 is 1.08 bits per heavy atom. The Kier molecular flexibility index (Phi) is 5.25. The highest BCUT2D eigenvalue weighted by Crippen LogP contribution is 2.39. The van der Waals surface area contributed by atoms with Gasteiger partial charge in [-0.25, -0.2) is 4.79 Å². The van der Waals surface area contributed by atoms with Crippen LogP contribution in [0, 0.1) is 6.92 Å². The number of aromatic carboxylic acids is 1. The molecule has 2 N–H and O–H groups in total. The lowest BCUT2D eigenvalue weighted by Crippen LogP contribution is -2.11. The number of nitrogens with one attached hydrogen (secondary N) is 1. The van der Waals surface area contributed by atoms with E-state index in [1.165, 1.54) is 6.07 Å². The lowest BCUT2D eigenvalue weighted by Gasteiger charge is -2.08. The van der Waals surface area contributed by atoms with Gasteiger partial charge in [-0.15, -0.1) is 0 Å². The second kappa shape index (κ2) is 7.59. The molecule has 0 saturated heterocycles. The van der Waals surface area contributed by atoms with Crippen LogP contribution < -0.4 is 10.1 Å². The monoisotopic (exact) mass is 387 g/mol. The molecule has 0 aliphatic heterocycles. The largest absolute Gasteiger partial charge is 0.477 e. The summed E-state index contributed by atoms with van der Waals surface area (Å²) >= 11 is 6.79. The highest BCUT2D eigenvalue weighted by molar-refractivity contribution is 7.16. The number of carbonyl (C=O) groups is 2. The SMILES string of the molecule is Cc1ccc(C(=O)Nc2cc(C(=O)O)sc2Oc2ccc(Cl)cc2)cc1. The molecule has 1 amide bonds. The van der Waals surface area contributed by atoms with Gasteiger partial charge in [0.25, 0.3) is 5.91 Å². The molecular weight excluding hydrogens is 374 g/mol. The summed E-state index contributed by atoms with van der Waals surface area (Å²) in [7, 11) is 0. The van der Waals surface area contributed by atoms with E-state index in [0.717, 1.165) is 16.9 Å². The number of benzene rings is 2. The first-order valence-electron chi connectivity index (χ1n) is 7.61. The van der Waals surface area contributed by atoms with Gasteiger partial charge in [-0.2, -0.15) is 0 Å². The molecule has 3 aromatic rings. The van der Waals surface area contributed by atoms with Crippen LogP contribution in [0.15, 0.2) is 54.6 Å². The summed E-state index contributed by atoms with van der Waals surface area (Å²) < 4.78 is 5.73. The zero-order chi connectivity index (χ0) is 18.7. The smallest absolute Gasteiger partial charge is 0.346 e. The molecule has 0 unspecified atom stereocenters. The first-order valence-corrected chi connectivity index (χ1v) is 8.80. The fraction of sp³-hybridized carbons (Fsp3) is 0.0526. The van der Waals surface area contributed by atoms with E-state index in [4.69, 9.17) is 16.3 Å². The maximum Gasteiger partial charge on any atom is 0.346 e. The lowest BCUT2D eigenvalue weighted by atomic mass is 10.1. The summed E-state index contributed by atoms with van der Waals surface area (Å²) in [5, 5.41) is 12.8. The third-order valence-corrected chi connectivity index (χ3v) is 4.75. The van der Waals surface area contributed by atoms with Gasteiger partial charge in [0.1, 0.15) is 10.6 Å². The van der Waals surface area contributed by atoms with Crippen molar-refractivity contribution in [2.75, 3.05) is 5.32 Å². The lowest BCUT2D eigenvalue weighted by molar-refractivity contribution is 0.0702. The highest BCUT2D eigenvalue weighted by atomic mass is 35.5. The van der Waals surface area contributed by atoms with Crippen molar-refractivity contribution in [1.82, 2.24) is 0 Å². The molecular formula is C19H14ClNO4S. The molecule has 26 heavy (non-hydrogen) atoms. The average Bonchev–Trinajstić information content (AvgIpc) is 3.00. The number of ether oxygens (including phenoxy) is 1. The van der Waals surface area contributed by atoms with Crippen molar-refractivity contribution in [3.05, 3.63) is 75.6 Å². The summed E-state index contributed by atoms with van der Waals surface area (Å²) in [5.41, 5.74) is 1.81. The number of carboxylic acid groups (broad SMARTS) is 1. The van der Waals surface area contributed by atoms with Crippen LogP contribution in [0.1, 0.15) is 25.6 Å². The highest BCUT2D eigenvalue weighted by Gasteiger charge is 2.18. The Hall–Kier alpha value is -2.83. The molecule has 5 nitrogen and oxygen atoms in total. The second-order valence-electron chi connectivity index (χ2n) is 5.49. The van der Waals surface area contributed by atoms with E-state index in [1.54, 1.807) is 36.4 Å². The van der Waals surface area contributed by atoms with Crippen molar-refractivity contribution in [3.8, 4) is 10.8 Å². The van der Waals surface area contributed by atoms with Crippen LogP contribution in [0.3, 0.4) is 0 Å². The number of halogens is 1. The Labute approximate surface area is 158 Å². The minimum Gasteiger partial charge on any atom is -0.477 e. The van der Waals surface area contributed by atoms with Crippen molar-refractivity contribution in [2.24, 2.45) is 0 Å². The molecule has 132 valence electrons. The maximum atomic E-state index is 12.4. The van der Waals surface area contributed by atoms with Crippen LogP contribution in [0.25, 0.3) is 0 Å². The number of anilines is 1. The van der Waals surface area contributed by atoms with Gasteiger partial charge in [-0.3, -0.25) is 4.79 Å². The fourth-order valence-electron chi connectivity index (χ4n) is 2.15. The standard InChI is InChI=1S/C19H14ClNO4S/c1-11-2-4-12(5-3-11)17(22)21-15-10-16(18(23)24)26-19(15)25-14-8-6-13(20)7-9-14/h2-10H,1H3,(H,21,22)(H,23,24). The number of thiophene rings is 1. The van der Waals surface area contributed by atoms with Gasteiger partial charge >= 0.3 is 5.97 Å². The number of amides is 1. The molecule has 0 aliphatic carbocycles. The van der Waals surface area contributed by atoms with Gasteiger partial charge in [0.05, 0.1) is 5.69 Å². The van der Waals surface area contributed by atoms with E-state index in [0.29, 0.717) is 22.0 Å². The zero-order valence-electron chi connectivity index (χ0n) is 13.7. The van der Waals surface area contributed by atoms with Crippen LogP contribution in [-0.2, 0) is 0 Å². The van der Waals surface area contributed by atoms with Crippen molar-refractivity contribution in [2.45, 2.75) is 6.92 Å². The predicted octanol–water partition coefficient (Wildman–Crippen LogP) is 5.45. The van der Waals surface area contributed by atoms with Gasteiger partial charge < -0.3 is 15.2 Å². The fourth-order valence-corrected chi connectivity index (χ4v) is 3.10. The van der Waals surface area contributed by atoms with Crippen LogP contribution in [0.4, 0.5) is 5.69 Å². The number of hydrogen-bond acceptors (Lipinski definition) is 4. The summed E-state index contributed by atoms with van der Waals surface area (Å²) in [4.78, 5) is 23.8. The minimum absolute atomic E-state index is 0.0631. The van der Waals surface area contributed by atoms with Crippen molar-refractivity contribution < 1.29 is 19.4 Å². The molecule has 7 heteroatoms. The van der Waals surface area contributed by atoms with Crippen molar-refractivity contribution in [3.63, 3.8) is 0 Å². The molecule has 1 aromatic heterocycles. The van der Waals surface area contributed by atoms with Crippen molar-refractivity contribution >= 4 is 40.5 Å². The second-order valence-corrected chi connectivity index (χ2v) is 6.94. The first kappa shape index (κ1) is 18.0. The average molecular weight is 388 g/mol. The molecule has 1 heterocycles. The van der Waals surface area contributed by atoms with Gasteiger partial charge in [0.15, 0.2) is 0 Å². The molecule has 0 fully saturated rings. The Balaban J connectivity index is 1.87. The maximum absolute atomic E-state index is 12.4. The third-order valence-electron chi connectivity index (χ3n) is 3.49. The molecule has 0 saturated carbocycles. The molecule has 0 aliphatic rings.